The van der Waals surface area contributed by atoms with E-state index in [0.717, 1.165) is 28.6 Å². The minimum Gasteiger partial charge on any atom is -0.345 e. The normalized spacial score (nSPS) is 15.3. The molecule has 2 rings (SSSR count). The fourth-order valence-electron chi connectivity index (χ4n) is 2.45. The summed E-state index contributed by atoms with van der Waals surface area (Å²) < 4.78 is 0.946. The van der Waals surface area contributed by atoms with E-state index in [1.165, 1.54) is 0 Å². The predicted molar refractivity (Wildman–Crippen MR) is 91.7 cm³/mol. The lowest BCUT2D eigenvalue weighted by Crippen LogP contribution is -2.41. The lowest BCUT2D eigenvalue weighted by Gasteiger charge is -2.23. The van der Waals surface area contributed by atoms with Crippen LogP contribution in [0.25, 0.3) is 0 Å². The molecule has 1 fully saturated rings. The number of amides is 2. The number of halogens is 1. The molecule has 1 aromatic rings. The molecule has 0 atom stereocenters. The molecule has 0 radical (unpaired) electrons. The van der Waals surface area contributed by atoms with Crippen LogP contribution in [0, 0.1) is 12.3 Å². The summed E-state index contributed by atoms with van der Waals surface area (Å²) in [6, 6.07) is 5.67. The Bertz CT molecular complexity index is 582. The molecule has 2 amide bonds. The van der Waals surface area contributed by atoms with Gasteiger partial charge in [-0.05, 0) is 43.9 Å². The van der Waals surface area contributed by atoms with Crippen LogP contribution in [0.2, 0.25) is 0 Å². The molecule has 1 aliphatic carbocycles. The minimum atomic E-state index is -0.847. The molecular weight excluding hydrogens is 344 g/mol. The maximum atomic E-state index is 12.5. The van der Waals surface area contributed by atoms with Gasteiger partial charge in [0.2, 0.25) is 11.8 Å². The van der Waals surface area contributed by atoms with Crippen LogP contribution in [-0.2, 0) is 9.59 Å². The quantitative estimate of drug-likeness (QED) is 0.779. The zero-order valence-corrected chi connectivity index (χ0v) is 15.0. The van der Waals surface area contributed by atoms with Crippen LogP contribution in [0.4, 0.5) is 5.69 Å². The fraction of sp³-hybridized carbons (Fsp3) is 0.529. The Hall–Kier alpha value is -1.36. The van der Waals surface area contributed by atoms with Crippen LogP contribution >= 0.6 is 15.9 Å². The van der Waals surface area contributed by atoms with E-state index >= 15 is 0 Å². The van der Waals surface area contributed by atoms with Crippen molar-refractivity contribution in [3.05, 3.63) is 28.2 Å². The van der Waals surface area contributed by atoms with Crippen molar-refractivity contribution in [3.8, 4) is 0 Å². The molecule has 1 N–H and O–H groups in total. The number of nitrogens with one attached hydrogen (secondary N) is 1. The molecule has 5 heteroatoms. The molecule has 0 spiro atoms. The molecule has 0 aromatic heterocycles. The summed E-state index contributed by atoms with van der Waals surface area (Å²) in [6.07, 6.45) is 3.28. The average Bonchev–Trinajstić information content (AvgIpc) is 3.29. The highest BCUT2D eigenvalue weighted by Gasteiger charge is 2.57. The second kappa shape index (κ2) is 6.82. The Morgan fingerprint density at radius 3 is 2.59 bits per heavy atom. The first-order chi connectivity index (χ1) is 10.4. The largest absolute Gasteiger partial charge is 0.345 e. The Morgan fingerprint density at radius 2 is 2.05 bits per heavy atom. The number of aryl methyl sites for hydroxylation is 1. The third-order valence-corrected chi connectivity index (χ3v) is 5.07. The van der Waals surface area contributed by atoms with Crippen molar-refractivity contribution in [1.82, 2.24) is 4.90 Å². The number of carbonyl (C=O) groups is 2. The van der Waals surface area contributed by atoms with Gasteiger partial charge in [-0.3, -0.25) is 9.59 Å². The molecule has 0 bridgehead atoms. The standard InChI is InChI=1S/C17H23BrN2O2/c1-4-5-10-20(3)16(22)17(8-9-17)15(21)19-13-7-6-12(2)14(18)11-13/h6-7,11H,4-5,8-10H2,1-3H3,(H,19,21). The van der Waals surface area contributed by atoms with Gasteiger partial charge in [-0.2, -0.15) is 0 Å². The van der Waals surface area contributed by atoms with Gasteiger partial charge in [-0.1, -0.05) is 35.3 Å². The van der Waals surface area contributed by atoms with Gasteiger partial charge in [0.15, 0.2) is 0 Å². The van der Waals surface area contributed by atoms with E-state index in [-0.39, 0.29) is 11.8 Å². The van der Waals surface area contributed by atoms with Gasteiger partial charge in [-0.25, -0.2) is 0 Å². The predicted octanol–water partition coefficient (Wildman–Crippen LogP) is 3.73. The first kappa shape index (κ1) is 17.0. The van der Waals surface area contributed by atoms with Gasteiger partial charge in [0.05, 0.1) is 0 Å². The van der Waals surface area contributed by atoms with Crippen LogP contribution in [0.15, 0.2) is 22.7 Å². The summed E-state index contributed by atoms with van der Waals surface area (Å²) in [4.78, 5) is 26.8. The fourth-order valence-corrected chi connectivity index (χ4v) is 2.83. The Morgan fingerprint density at radius 1 is 1.36 bits per heavy atom. The zero-order chi connectivity index (χ0) is 16.3. The highest BCUT2D eigenvalue weighted by Crippen LogP contribution is 2.48. The lowest BCUT2D eigenvalue weighted by molar-refractivity contribution is -0.141. The third-order valence-electron chi connectivity index (χ3n) is 4.22. The molecule has 22 heavy (non-hydrogen) atoms. The first-order valence-corrected chi connectivity index (χ1v) is 8.53. The average molecular weight is 367 g/mol. The van der Waals surface area contributed by atoms with Gasteiger partial charge >= 0.3 is 0 Å². The molecule has 0 heterocycles. The SMILES string of the molecule is CCCCN(C)C(=O)C1(C(=O)Nc2ccc(C)c(Br)c2)CC1. The van der Waals surface area contributed by atoms with E-state index < -0.39 is 5.41 Å². The molecule has 1 saturated carbocycles. The second-order valence-corrected chi connectivity index (χ2v) is 6.93. The van der Waals surface area contributed by atoms with Crippen molar-refractivity contribution in [2.24, 2.45) is 5.41 Å². The van der Waals surface area contributed by atoms with Gasteiger partial charge in [0.25, 0.3) is 0 Å². The van der Waals surface area contributed by atoms with E-state index in [1.54, 1.807) is 11.9 Å². The van der Waals surface area contributed by atoms with E-state index in [0.29, 0.717) is 19.4 Å². The molecular formula is C17H23BrN2O2. The molecule has 1 aromatic carbocycles. The Labute approximate surface area is 140 Å². The second-order valence-electron chi connectivity index (χ2n) is 6.08. The monoisotopic (exact) mass is 366 g/mol. The molecule has 120 valence electrons. The van der Waals surface area contributed by atoms with Gasteiger partial charge in [-0.15, -0.1) is 0 Å². The number of unbranched alkanes of at least 4 members (excludes halogenated alkanes) is 1. The van der Waals surface area contributed by atoms with Crippen molar-refractivity contribution in [3.63, 3.8) is 0 Å². The number of rotatable bonds is 6. The maximum Gasteiger partial charge on any atom is 0.240 e. The van der Waals surface area contributed by atoms with Crippen LogP contribution in [0.3, 0.4) is 0 Å². The molecule has 0 saturated heterocycles. The summed E-state index contributed by atoms with van der Waals surface area (Å²) >= 11 is 3.46. The summed E-state index contributed by atoms with van der Waals surface area (Å²) in [6.45, 7) is 4.79. The van der Waals surface area contributed by atoms with E-state index in [2.05, 4.69) is 28.2 Å². The first-order valence-electron chi connectivity index (χ1n) is 7.74. The highest BCUT2D eigenvalue weighted by atomic mass is 79.9. The topological polar surface area (TPSA) is 49.4 Å². The van der Waals surface area contributed by atoms with E-state index in [9.17, 15) is 9.59 Å². The summed E-state index contributed by atoms with van der Waals surface area (Å²) in [5, 5.41) is 2.89. The minimum absolute atomic E-state index is 0.0513. The lowest BCUT2D eigenvalue weighted by atomic mass is 10.0. The smallest absolute Gasteiger partial charge is 0.240 e. The summed E-state index contributed by atoms with van der Waals surface area (Å²) in [5.41, 5.74) is 0.979. The van der Waals surface area contributed by atoms with Crippen molar-refractivity contribution in [1.29, 1.82) is 0 Å². The Kier molecular flexibility index (Phi) is 5.27. The van der Waals surface area contributed by atoms with Crippen LogP contribution in [0.5, 0.6) is 0 Å². The van der Waals surface area contributed by atoms with Crippen molar-refractivity contribution in [2.75, 3.05) is 18.9 Å². The van der Waals surface area contributed by atoms with Crippen molar-refractivity contribution < 1.29 is 9.59 Å². The molecule has 0 unspecified atom stereocenters. The highest BCUT2D eigenvalue weighted by molar-refractivity contribution is 9.10. The number of carbonyl (C=O) groups excluding carboxylic acids is 2. The van der Waals surface area contributed by atoms with Crippen LogP contribution in [0.1, 0.15) is 38.2 Å². The number of anilines is 1. The molecule has 4 nitrogen and oxygen atoms in total. The third kappa shape index (κ3) is 3.51. The van der Waals surface area contributed by atoms with Crippen LogP contribution < -0.4 is 5.32 Å². The zero-order valence-electron chi connectivity index (χ0n) is 13.4. The van der Waals surface area contributed by atoms with Crippen molar-refractivity contribution in [2.45, 2.75) is 39.5 Å². The number of hydrogen-bond donors (Lipinski definition) is 1. The summed E-state index contributed by atoms with van der Waals surface area (Å²) in [7, 11) is 1.79. The molecule has 1 aliphatic rings. The van der Waals surface area contributed by atoms with Crippen molar-refractivity contribution >= 4 is 33.4 Å². The van der Waals surface area contributed by atoms with Gasteiger partial charge in [0.1, 0.15) is 5.41 Å². The molecule has 0 aliphatic heterocycles. The van der Waals surface area contributed by atoms with Crippen LogP contribution in [-0.4, -0.2) is 30.3 Å². The number of benzene rings is 1. The number of nitrogens with zero attached hydrogens (tertiary/aromatic N) is 1. The summed E-state index contributed by atoms with van der Waals surface area (Å²) in [5.74, 6) is -0.235. The Balaban J connectivity index is 2.04. The number of hydrogen-bond acceptors (Lipinski definition) is 2. The van der Waals surface area contributed by atoms with Gasteiger partial charge in [0, 0.05) is 23.8 Å². The van der Waals surface area contributed by atoms with Gasteiger partial charge < -0.3 is 10.2 Å². The van der Waals surface area contributed by atoms with E-state index in [1.807, 2.05) is 25.1 Å². The van der Waals surface area contributed by atoms with E-state index in [4.69, 9.17) is 0 Å². The maximum absolute atomic E-state index is 12.5.